The number of carbonyl (C=O) groups excluding carboxylic acids is 1. The van der Waals surface area contributed by atoms with Gasteiger partial charge in [0.05, 0.1) is 16.8 Å². The smallest absolute Gasteiger partial charge is 0.257 e. The maximum atomic E-state index is 13.1. The van der Waals surface area contributed by atoms with Gasteiger partial charge in [-0.2, -0.15) is 0 Å². The van der Waals surface area contributed by atoms with Crippen molar-refractivity contribution >= 4 is 39.6 Å². The molecule has 2 heterocycles. The van der Waals surface area contributed by atoms with Crippen LogP contribution in [0.15, 0.2) is 73.2 Å². The molecule has 0 fully saturated rings. The molecule has 168 valence electrons. The van der Waals surface area contributed by atoms with Gasteiger partial charge in [0.2, 0.25) is 0 Å². The van der Waals surface area contributed by atoms with Gasteiger partial charge in [0.1, 0.15) is 6.33 Å². The molecule has 0 saturated heterocycles. The van der Waals surface area contributed by atoms with Crippen LogP contribution in [0.4, 0.5) is 22.7 Å². The maximum Gasteiger partial charge on any atom is 0.257 e. The van der Waals surface area contributed by atoms with Crippen LogP contribution >= 0.6 is 0 Å². The van der Waals surface area contributed by atoms with Crippen molar-refractivity contribution in [1.29, 1.82) is 0 Å². The number of para-hydroxylation sites is 1. The minimum Gasteiger partial charge on any atom is -0.385 e. The maximum absolute atomic E-state index is 13.1. The summed E-state index contributed by atoms with van der Waals surface area (Å²) >= 11 is 0. The molecule has 6 nitrogen and oxygen atoms in total. The second-order valence-electron chi connectivity index (χ2n) is 7.84. The normalized spacial score (nSPS) is 14.3. The molecule has 1 unspecified atom stereocenters. The van der Waals surface area contributed by atoms with Crippen LogP contribution in [0.3, 0.4) is 0 Å². The zero-order valence-electron chi connectivity index (χ0n) is 19.2. The second kappa shape index (κ2) is 10.1. The lowest BCUT2D eigenvalue weighted by molar-refractivity contribution is 0.102. The Morgan fingerprint density at radius 3 is 2.73 bits per heavy atom. The van der Waals surface area contributed by atoms with Gasteiger partial charge < -0.3 is 16.0 Å². The molecule has 0 aliphatic carbocycles. The summed E-state index contributed by atoms with van der Waals surface area (Å²) < 4.78 is 0. The van der Waals surface area contributed by atoms with Crippen LogP contribution in [0.5, 0.6) is 0 Å². The number of hydrogen-bond acceptors (Lipinski definition) is 5. The van der Waals surface area contributed by atoms with E-state index in [1.165, 1.54) is 11.9 Å². The fourth-order valence-corrected chi connectivity index (χ4v) is 4.00. The molecule has 6 heteroatoms. The van der Waals surface area contributed by atoms with Crippen LogP contribution in [-0.2, 0) is 0 Å². The van der Waals surface area contributed by atoms with Gasteiger partial charge in [-0.05, 0) is 60.4 Å². The molecule has 5 rings (SSSR count). The first-order valence-corrected chi connectivity index (χ1v) is 11.4. The number of nitrogens with zero attached hydrogens (tertiary/aromatic N) is 2. The van der Waals surface area contributed by atoms with Crippen molar-refractivity contribution in [3.05, 3.63) is 84.3 Å². The molecule has 0 bridgehead atoms. The van der Waals surface area contributed by atoms with Gasteiger partial charge in [-0.1, -0.05) is 39.0 Å². The van der Waals surface area contributed by atoms with E-state index < -0.39 is 0 Å². The summed E-state index contributed by atoms with van der Waals surface area (Å²) in [6, 6.07) is 19.4. The van der Waals surface area contributed by atoms with E-state index in [2.05, 4.69) is 38.9 Å². The molecule has 0 saturated carbocycles. The summed E-state index contributed by atoms with van der Waals surface area (Å²) in [6.45, 7) is 7.19. The average molecular weight is 440 g/mol. The van der Waals surface area contributed by atoms with Gasteiger partial charge in [0, 0.05) is 35.2 Å². The largest absolute Gasteiger partial charge is 0.385 e. The predicted octanol–water partition coefficient (Wildman–Crippen LogP) is 6.57. The van der Waals surface area contributed by atoms with E-state index in [4.69, 9.17) is 0 Å². The van der Waals surface area contributed by atoms with Crippen LogP contribution in [0.25, 0.3) is 10.9 Å². The van der Waals surface area contributed by atoms with Gasteiger partial charge in [0.15, 0.2) is 0 Å². The number of rotatable bonds is 4. The highest BCUT2D eigenvalue weighted by Crippen LogP contribution is 2.33. The highest BCUT2D eigenvalue weighted by atomic mass is 16.1. The SMILES string of the molecule is CC.CC1CCNc2cc(NC(=O)c3ccccc3Nc3ccc4ncncc4c3)ccc21. The van der Waals surface area contributed by atoms with Crippen molar-refractivity contribution in [1.82, 2.24) is 9.97 Å². The Balaban J connectivity index is 0.00000126. The lowest BCUT2D eigenvalue weighted by Gasteiger charge is -2.24. The van der Waals surface area contributed by atoms with Crippen molar-refractivity contribution in [3.8, 4) is 0 Å². The van der Waals surface area contributed by atoms with Crippen molar-refractivity contribution in [2.75, 3.05) is 22.5 Å². The second-order valence-corrected chi connectivity index (χ2v) is 7.84. The summed E-state index contributed by atoms with van der Waals surface area (Å²) in [5, 5.41) is 10.8. The monoisotopic (exact) mass is 439 g/mol. The topological polar surface area (TPSA) is 78.9 Å². The Labute approximate surface area is 194 Å². The Hall–Kier alpha value is -3.93. The molecule has 4 aromatic rings. The fourth-order valence-electron chi connectivity index (χ4n) is 4.00. The summed E-state index contributed by atoms with van der Waals surface area (Å²) in [4.78, 5) is 21.4. The molecule has 1 aromatic heterocycles. The molecule has 33 heavy (non-hydrogen) atoms. The van der Waals surface area contributed by atoms with Crippen molar-refractivity contribution < 1.29 is 4.79 Å². The summed E-state index contributed by atoms with van der Waals surface area (Å²) in [6.07, 6.45) is 4.43. The van der Waals surface area contributed by atoms with E-state index in [0.29, 0.717) is 11.5 Å². The standard InChI is InChI=1S/C25H23N5O.C2H6/c1-16-10-11-27-24-13-19(6-8-20(16)24)30-25(31)21-4-2-3-5-23(21)29-18-7-9-22-17(12-18)14-26-15-28-22;1-2/h2-9,12-16,27,29H,10-11H2,1H3,(H,30,31);1-2H3. The van der Waals surface area contributed by atoms with Gasteiger partial charge in [-0.15, -0.1) is 0 Å². The van der Waals surface area contributed by atoms with E-state index in [1.807, 2.05) is 68.4 Å². The van der Waals surface area contributed by atoms with E-state index >= 15 is 0 Å². The Morgan fingerprint density at radius 2 is 1.85 bits per heavy atom. The lowest BCUT2D eigenvalue weighted by Crippen LogP contribution is -2.17. The van der Waals surface area contributed by atoms with Crippen LogP contribution in [-0.4, -0.2) is 22.4 Å². The quantitative estimate of drug-likeness (QED) is 0.335. The summed E-state index contributed by atoms with van der Waals surface area (Å²) in [5.41, 5.74) is 6.24. The minimum absolute atomic E-state index is 0.156. The Morgan fingerprint density at radius 1 is 1.03 bits per heavy atom. The highest BCUT2D eigenvalue weighted by Gasteiger charge is 2.17. The fraction of sp³-hybridized carbons (Fsp3) is 0.222. The highest BCUT2D eigenvalue weighted by molar-refractivity contribution is 6.08. The van der Waals surface area contributed by atoms with Gasteiger partial charge >= 0.3 is 0 Å². The van der Waals surface area contributed by atoms with E-state index in [1.54, 1.807) is 6.20 Å². The summed E-state index contributed by atoms with van der Waals surface area (Å²) in [5.74, 6) is 0.370. The van der Waals surface area contributed by atoms with Crippen molar-refractivity contribution in [2.45, 2.75) is 33.1 Å². The zero-order valence-corrected chi connectivity index (χ0v) is 19.2. The first kappa shape index (κ1) is 22.3. The van der Waals surface area contributed by atoms with E-state index in [9.17, 15) is 4.79 Å². The van der Waals surface area contributed by atoms with Crippen LogP contribution in [0.1, 0.15) is 49.0 Å². The number of fused-ring (bicyclic) bond motifs is 2. The molecular formula is C27H29N5O. The third-order valence-corrected chi connectivity index (χ3v) is 5.69. The van der Waals surface area contributed by atoms with Crippen molar-refractivity contribution in [2.24, 2.45) is 0 Å². The minimum atomic E-state index is -0.156. The number of nitrogens with one attached hydrogen (secondary N) is 3. The number of carbonyl (C=O) groups is 1. The number of anilines is 4. The van der Waals surface area contributed by atoms with Crippen LogP contribution in [0.2, 0.25) is 0 Å². The van der Waals surface area contributed by atoms with Gasteiger partial charge in [-0.3, -0.25) is 4.79 Å². The molecule has 1 amide bonds. The molecular weight excluding hydrogens is 410 g/mol. The average Bonchev–Trinajstić information content (AvgIpc) is 2.85. The number of benzene rings is 3. The number of hydrogen-bond donors (Lipinski definition) is 3. The third kappa shape index (κ3) is 4.95. The van der Waals surface area contributed by atoms with Crippen LogP contribution in [0, 0.1) is 0 Å². The van der Waals surface area contributed by atoms with Crippen LogP contribution < -0.4 is 16.0 Å². The van der Waals surface area contributed by atoms with Gasteiger partial charge in [-0.25, -0.2) is 9.97 Å². The third-order valence-electron chi connectivity index (χ3n) is 5.69. The van der Waals surface area contributed by atoms with Crippen molar-refractivity contribution in [3.63, 3.8) is 0 Å². The molecule has 0 spiro atoms. The molecule has 1 atom stereocenters. The Kier molecular flexibility index (Phi) is 6.83. The molecule has 3 aromatic carbocycles. The lowest BCUT2D eigenvalue weighted by atomic mass is 9.92. The first-order chi connectivity index (χ1) is 16.2. The number of aromatic nitrogens is 2. The van der Waals surface area contributed by atoms with E-state index in [0.717, 1.165) is 46.6 Å². The number of amides is 1. The Bertz CT molecular complexity index is 1270. The predicted molar refractivity (Wildman–Crippen MR) is 137 cm³/mol. The molecule has 1 aliphatic heterocycles. The molecule has 3 N–H and O–H groups in total. The van der Waals surface area contributed by atoms with Gasteiger partial charge in [0.25, 0.3) is 5.91 Å². The molecule has 0 radical (unpaired) electrons. The first-order valence-electron chi connectivity index (χ1n) is 11.4. The van der Waals surface area contributed by atoms with E-state index in [-0.39, 0.29) is 5.91 Å². The molecule has 1 aliphatic rings. The zero-order chi connectivity index (χ0) is 23.2. The summed E-state index contributed by atoms with van der Waals surface area (Å²) in [7, 11) is 0.